The lowest BCUT2D eigenvalue weighted by molar-refractivity contribution is 0.516. The van der Waals surface area contributed by atoms with Gasteiger partial charge in [-0.25, -0.2) is 0 Å². The first-order chi connectivity index (χ1) is 7.70. The molecule has 88 valence electrons. The largest absolute Gasteiger partial charge is 0.381 e. The summed E-state index contributed by atoms with van der Waals surface area (Å²) in [6.07, 6.45) is 3.76. The highest BCUT2D eigenvalue weighted by atomic mass is 79.9. The van der Waals surface area contributed by atoms with Crippen molar-refractivity contribution in [2.75, 3.05) is 11.9 Å². The number of hydrogen-bond donors (Lipinski definition) is 2. The van der Waals surface area contributed by atoms with Crippen molar-refractivity contribution >= 4 is 37.5 Å². The van der Waals surface area contributed by atoms with E-state index in [9.17, 15) is 0 Å². The molecule has 1 fully saturated rings. The second-order valence-electron chi connectivity index (χ2n) is 4.30. The summed E-state index contributed by atoms with van der Waals surface area (Å²) >= 11 is 7.06. The molecule has 2 nitrogen and oxygen atoms in total. The molecule has 0 bridgehead atoms. The fraction of sp³-hybridized carbons (Fsp3) is 0.500. The third-order valence-electron chi connectivity index (χ3n) is 3.23. The van der Waals surface area contributed by atoms with Crippen molar-refractivity contribution in [2.45, 2.75) is 25.3 Å². The van der Waals surface area contributed by atoms with E-state index >= 15 is 0 Å². The van der Waals surface area contributed by atoms with E-state index in [4.69, 9.17) is 5.73 Å². The molecule has 0 aliphatic heterocycles. The molecular formula is C12H16Br2N2. The van der Waals surface area contributed by atoms with Crippen molar-refractivity contribution in [1.82, 2.24) is 0 Å². The Morgan fingerprint density at radius 3 is 2.88 bits per heavy atom. The molecule has 2 rings (SSSR count). The van der Waals surface area contributed by atoms with Crippen LogP contribution in [-0.2, 0) is 0 Å². The van der Waals surface area contributed by atoms with Gasteiger partial charge in [0.25, 0.3) is 0 Å². The van der Waals surface area contributed by atoms with Crippen LogP contribution in [0.15, 0.2) is 27.1 Å². The van der Waals surface area contributed by atoms with Gasteiger partial charge in [-0.15, -0.1) is 0 Å². The summed E-state index contributed by atoms with van der Waals surface area (Å²) in [7, 11) is 0. The van der Waals surface area contributed by atoms with Crippen LogP contribution >= 0.6 is 31.9 Å². The average Bonchev–Trinajstić information content (AvgIpc) is 2.71. The van der Waals surface area contributed by atoms with Gasteiger partial charge in [-0.3, -0.25) is 0 Å². The fourth-order valence-electron chi connectivity index (χ4n) is 2.32. The van der Waals surface area contributed by atoms with Crippen LogP contribution < -0.4 is 11.1 Å². The van der Waals surface area contributed by atoms with E-state index in [-0.39, 0.29) is 0 Å². The van der Waals surface area contributed by atoms with Gasteiger partial charge in [0.15, 0.2) is 0 Å². The van der Waals surface area contributed by atoms with Gasteiger partial charge in [-0.1, -0.05) is 22.4 Å². The lowest BCUT2D eigenvalue weighted by atomic mass is 10.0. The lowest BCUT2D eigenvalue weighted by Crippen LogP contribution is -2.29. The predicted molar refractivity (Wildman–Crippen MR) is 75.6 cm³/mol. The zero-order chi connectivity index (χ0) is 11.5. The summed E-state index contributed by atoms with van der Waals surface area (Å²) in [6, 6.07) is 6.72. The third kappa shape index (κ3) is 2.79. The molecule has 1 aliphatic carbocycles. The van der Waals surface area contributed by atoms with Gasteiger partial charge in [0.05, 0.1) is 0 Å². The Morgan fingerprint density at radius 1 is 1.31 bits per heavy atom. The lowest BCUT2D eigenvalue weighted by Gasteiger charge is -2.21. The summed E-state index contributed by atoms with van der Waals surface area (Å²) in [5, 5.41) is 3.59. The molecule has 0 heterocycles. The molecule has 3 N–H and O–H groups in total. The highest BCUT2D eigenvalue weighted by molar-refractivity contribution is 9.11. The van der Waals surface area contributed by atoms with Crippen molar-refractivity contribution in [3.8, 4) is 0 Å². The smallest absolute Gasteiger partial charge is 0.0498 e. The predicted octanol–water partition coefficient (Wildman–Crippen LogP) is 3.75. The molecule has 16 heavy (non-hydrogen) atoms. The molecule has 0 radical (unpaired) electrons. The maximum Gasteiger partial charge on any atom is 0.0498 e. The number of benzene rings is 1. The van der Waals surface area contributed by atoms with Crippen LogP contribution in [0.25, 0.3) is 0 Å². The van der Waals surface area contributed by atoms with Gasteiger partial charge < -0.3 is 11.1 Å². The SMILES string of the molecule is NCC1CCCC1Nc1cc(Br)ccc1Br. The van der Waals surface area contributed by atoms with Crippen molar-refractivity contribution < 1.29 is 0 Å². The Bertz CT molecular complexity index is 368. The molecule has 1 saturated carbocycles. The second kappa shape index (κ2) is 5.52. The molecule has 0 saturated heterocycles. The minimum atomic E-state index is 0.524. The summed E-state index contributed by atoms with van der Waals surface area (Å²) in [5.41, 5.74) is 6.94. The zero-order valence-corrected chi connectivity index (χ0v) is 12.2. The molecule has 1 aliphatic rings. The first-order valence-corrected chi connectivity index (χ1v) is 7.21. The van der Waals surface area contributed by atoms with Gasteiger partial charge in [0.1, 0.15) is 0 Å². The van der Waals surface area contributed by atoms with Gasteiger partial charge in [-0.2, -0.15) is 0 Å². The topological polar surface area (TPSA) is 38.0 Å². The van der Waals surface area contributed by atoms with E-state index in [1.807, 2.05) is 6.07 Å². The van der Waals surface area contributed by atoms with E-state index in [0.29, 0.717) is 12.0 Å². The highest BCUT2D eigenvalue weighted by Gasteiger charge is 2.26. The highest BCUT2D eigenvalue weighted by Crippen LogP contribution is 2.32. The normalized spacial score (nSPS) is 24.7. The monoisotopic (exact) mass is 346 g/mol. The van der Waals surface area contributed by atoms with Gasteiger partial charge >= 0.3 is 0 Å². The van der Waals surface area contributed by atoms with Crippen LogP contribution in [0.2, 0.25) is 0 Å². The molecule has 0 amide bonds. The number of nitrogens with one attached hydrogen (secondary N) is 1. The first kappa shape index (κ1) is 12.4. The van der Waals surface area contributed by atoms with E-state index in [2.05, 4.69) is 49.3 Å². The Morgan fingerprint density at radius 2 is 2.12 bits per heavy atom. The number of halogens is 2. The third-order valence-corrected chi connectivity index (χ3v) is 4.42. The van der Waals surface area contributed by atoms with Gasteiger partial charge in [0.2, 0.25) is 0 Å². The zero-order valence-electron chi connectivity index (χ0n) is 9.05. The Balaban J connectivity index is 2.11. The standard InChI is InChI=1S/C12H16Br2N2/c13-9-4-5-10(14)12(6-9)16-11-3-1-2-8(11)7-15/h4-6,8,11,16H,1-3,7,15H2. The molecule has 0 aromatic heterocycles. The average molecular weight is 348 g/mol. The van der Waals surface area contributed by atoms with Crippen molar-refractivity contribution in [3.63, 3.8) is 0 Å². The molecular weight excluding hydrogens is 332 g/mol. The fourth-order valence-corrected chi connectivity index (χ4v) is 3.04. The Labute approximate surface area is 113 Å². The second-order valence-corrected chi connectivity index (χ2v) is 6.07. The molecule has 1 aromatic rings. The maximum absolute atomic E-state index is 5.78. The number of nitrogens with two attached hydrogens (primary N) is 1. The van der Waals surface area contributed by atoms with Crippen LogP contribution in [0, 0.1) is 5.92 Å². The molecule has 1 aromatic carbocycles. The Kier molecular flexibility index (Phi) is 4.27. The summed E-state index contributed by atoms with van der Waals surface area (Å²) in [5.74, 6) is 0.617. The van der Waals surface area contributed by atoms with Gasteiger partial charge in [0, 0.05) is 20.7 Å². The minimum Gasteiger partial charge on any atom is -0.381 e. The maximum atomic E-state index is 5.78. The number of anilines is 1. The number of rotatable bonds is 3. The van der Waals surface area contributed by atoms with Crippen molar-refractivity contribution in [3.05, 3.63) is 27.1 Å². The van der Waals surface area contributed by atoms with E-state index < -0.39 is 0 Å². The van der Waals surface area contributed by atoms with E-state index in [1.54, 1.807) is 0 Å². The molecule has 2 unspecified atom stereocenters. The molecule has 2 atom stereocenters. The van der Waals surface area contributed by atoms with Crippen LogP contribution in [0.4, 0.5) is 5.69 Å². The number of hydrogen-bond acceptors (Lipinski definition) is 2. The summed E-state index contributed by atoms with van der Waals surface area (Å²) < 4.78 is 2.21. The van der Waals surface area contributed by atoms with Gasteiger partial charge in [-0.05, 0) is 59.4 Å². The first-order valence-electron chi connectivity index (χ1n) is 5.62. The minimum absolute atomic E-state index is 0.524. The van der Waals surface area contributed by atoms with Crippen molar-refractivity contribution in [2.24, 2.45) is 11.7 Å². The Hall–Kier alpha value is -0.0600. The van der Waals surface area contributed by atoms with Crippen LogP contribution in [0.5, 0.6) is 0 Å². The molecule has 0 spiro atoms. The molecule has 4 heteroatoms. The quantitative estimate of drug-likeness (QED) is 0.873. The summed E-state index contributed by atoms with van der Waals surface area (Å²) in [6.45, 7) is 0.781. The van der Waals surface area contributed by atoms with Crippen LogP contribution in [-0.4, -0.2) is 12.6 Å². The summed E-state index contributed by atoms with van der Waals surface area (Å²) in [4.78, 5) is 0. The van der Waals surface area contributed by atoms with Crippen molar-refractivity contribution in [1.29, 1.82) is 0 Å². The van der Waals surface area contributed by atoms with Crippen LogP contribution in [0.3, 0.4) is 0 Å². The van der Waals surface area contributed by atoms with Crippen LogP contribution in [0.1, 0.15) is 19.3 Å². The van der Waals surface area contributed by atoms with E-state index in [1.165, 1.54) is 19.3 Å². The van der Waals surface area contributed by atoms with E-state index in [0.717, 1.165) is 21.2 Å².